The van der Waals surface area contributed by atoms with Crippen molar-refractivity contribution in [2.24, 2.45) is 0 Å². The largest absolute Gasteiger partial charge is 0.294 e. The number of rotatable bonds is 4. The van der Waals surface area contributed by atoms with Crippen molar-refractivity contribution in [2.75, 3.05) is 0 Å². The number of hydrogen-bond acceptors (Lipinski definition) is 2. The van der Waals surface area contributed by atoms with Crippen LogP contribution in [0, 0.1) is 0 Å². The quantitative estimate of drug-likeness (QED) is 0.204. The molecule has 0 N–H and O–H groups in total. The van der Waals surface area contributed by atoms with E-state index >= 15 is 0 Å². The van der Waals surface area contributed by atoms with Gasteiger partial charge in [-0.2, -0.15) is 0 Å². The van der Waals surface area contributed by atoms with Crippen molar-refractivity contribution in [1.29, 1.82) is 0 Å². The van der Waals surface area contributed by atoms with E-state index in [0.29, 0.717) is 0 Å². The number of nitrogens with zero attached hydrogens (tertiary/aromatic N) is 3. The van der Waals surface area contributed by atoms with Gasteiger partial charge in [-0.25, -0.2) is 9.97 Å². The molecular formula is C43H31N3. The van der Waals surface area contributed by atoms with Gasteiger partial charge in [0.1, 0.15) is 5.82 Å². The highest BCUT2D eigenvalue weighted by molar-refractivity contribution is 6.11. The zero-order valence-electron chi connectivity index (χ0n) is 25.8. The molecule has 9 rings (SSSR count). The Kier molecular flexibility index (Phi) is 5.85. The highest BCUT2D eigenvalue weighted by Gasteiger charge is 2.36. The molecule has 0 amide bonds. The van der Waals surface area contributed by atoms with Crippen molar-refractivity contribution in [2.45, 2.75) is 19.3 Å². The van der Waals surface area contributed by atoms with Crippen molar-refractivity contribution in [1.82, 2.24) is 14.5 Å². The molecule has 0 saturated heterocycles. The Morgan fingerprint density at radius 1 is 0.478 bits per heavy atom. The monoisotopic (exact) mass is 589 g/mol. The van der Waals surface area contributed by atoms with Gasteiger partial charge in [-0.15, -0.1) is 0 Å². The molecule has 1 aliphatic rings. The minimum Gasteiger partial charge on any atom is -0.294 e. The van der Waals surface area contributed by atoms with Gasteiger partial charge in [0.25, 0.3) is 0 Å². The molecule has 3 nitrogen and oxygen atoms in total. The third-order valence-electron chi connectivity index (χ3n) is 9.65. The maximum Gasteiger partial charge on any atom is 0.137 e. The first-order chi connectivity index (χ1) is 22.6. The lowest BCUT2D eigenvalue weighted by molar-refractivity contribution is 0.661. The van der Waals surface area contributed by atoms with E-state index in [1.807, 2.05) is 18.3 Å². The van der Waals surface area contributed by atoms with E-state index in [1.54, 1.807) is 0 Å². The second-order valence-corrected chi connectivity index (χ2v) is 12.7. The van der Waals surface area contributed by atoms with E-state index in [9.17, 15) is 0 Å². The fourth-order valence-electron chi connectivity index (χ4n) is 7.31. The van der Waals surface area contributed by atoms with Gasteiger partial charge in [0, 0.05) is 39.1 Å². The van der Waals surface area contributed by atoms with Crippen LogP contribution < -0.4 is 0 Å². The minimum atomic E-state index is -0.0506. The molecule has 5 aromatic carbocycles. The third kappa shape index (κ3) is 4.05. The molecule has 1 aliphatic carbocycles. The van der Waals surface area contributed by atoms with Crippen LogP contribution in [0.25, 0.3) is 72.4 Å². The summed E-state index contributed by atoms with van der Waals surface area (Å²) in [6, 6.07) is 51.8. The molecule has 218 valence electrons. The Labute approximate surface area is 268 Å². The summed E-state index contributed by atoms with van der Waals surface area (Å²) in [6.45, 7) is 4.68. The van der Waals surface area contributed by atoms with Crippen LogP contribution in [-0.2, 0) is 5.41 Å². The molecule has 0 radical (unpaired) electrons. The van der Waals surface area contributed by atoms with E-state index in [-0.39, 0.29) is 5.41 Å². The average molecular weight is 590 g/mol. The number of benzene rings is 5. The Hall–Kier alpha value is -5.80. The molecule has 0 spiro atoms. The van der Waals surface area contributed by atoms with Crippen molar-refractivity contribution >= 4 is 21.8 Å². The number of pyridine rings is 2. The third-order valence-corrected chi connectivity index (χ3v) is 9.65. The van der Waals surface area contributed by atoms with E-state index in [4.69, 9.17) is 9.97 Å². The van der Waals surface area contributed by atoms with E-state index in [2.05, 4.69) is 152 Å². The van der Waals surface area contributed by atoms with Gasteiger partial charge in [0.05, 0.1) is 22.4 Å². The molecule has 0 aliphatic heterocycles. The molecule has 3 heterocycles. The first-order valence-corrected chi connectivity index (χ1v) is 15.8. The second-order valence-electron chi connectivity index (χ2n) is 12.7. The van der Waals surface area contributed by atoms with Crippen molar-refractivity contribution in [3.63, 3.8) is 0 Å². The molecule has 0 bridgehead atoms. The summed E-state index contributed by atoms with van der Waals surface area (Å²) in [5.74, 6) is 0.904. The molecule has 3 aromatic heterocycles. The normalized spacial score (nSPS) is 13.2. The van der Waals surface area contributed by atoms with Gasteiger partial charge < -0.3 is 0 Å². The van der Waals surface area contributed by atoms with Crippen LogP contribution in [0.1, 0.15) is 25.0 Å². The SMILES string of the molecule is CC1(C)c2ccccc2-c2cc3c(cc21)c1ccccc1n3-c1ccc(-c2cc(-c3ccccc3)nc(-c3ccccc3)c2)cn1. The van der Waals surface area contributed by atoms with Crippen molar-refractivity contribution in [3.8, 4) is 50.6 Å². The van der Waals surface area contributed by atoms with Crippen LogP contribution in [0.3, 0.4) is 0 Å². The Morgan fingerprint density at radius 2 is 1.13 bits per heavy atom. The molecular weight excluding hydrogens is 558 g/mol. The number of para-hydroxylation sites is 1. The Bertz CT molecular complexity index is 2360. The van der Waals surface area contributed by atoms with Crippen LogP contribution >= 0.6 is 0 Å². The Balaban J connectivity index is 1.21. The average Bonchev–Trinajstić information content (AvgIpc) is 3.56. The minimum absolute atomic E-state index is 0.0506. The van der Waals surface area contributed by atoms with Crippen LogP contribution in [0.5, 0.6) is 0 Å². The summed E-state index contributed by atoms with van der Waals surface area (Å²) in [5, 5.41) is 2.50. The van der Waals surface area contributed by atoms with Crippen LogP contribution in [0.4, 0.5) is 0 Å². The number of hydrogen-bond donors (Lipinski definition) is 0. The summed E-state index contributed by atoms with van der Waals surface area (Å²) in [7, 11) is 0. The van der Waals surface area contributed by atoms with Gasteiger partial charge >= 0.3 is 0 Å². The highest BCUT2D eigenvalue weighted by Crippen LogP contribution is 2.50. The summed E-state index contributed by atoms with van der Waals surface area (Å²) in [4.78, 5) is 10.2. The zero-order valence-corrected chi connectivity index (χ0v) is 25.8. The molecule has 0 atom stereocenters. The molecule has 8 aromatic rings. The van der Waals surface area contributed by atoms with E-state index < -0.39 is 0 Å². The maximum absolute atomic E-state index is 5.11. The lowest BCUT2D eigenvalue weighted by atomic mass is 9.82. The van der Waals surface area contributed by atoms with Gasteiger partial charge in [-0.1, -0.05) is 117 Å². The fraction of sp³-hybridized carbons (Fsp3) is 0.0698. The number of aromatic nitrogens is 3. The highest BCUT2D eigenvalue weighted by atomic mass is 15.1. The lowest BCUT2D eigenvalue weighted by Crippen LogP contribution is -2.14. The Morgan fingerprint density at radius 3 is 1.83 bits per heavy atom. The zero-order chi connectivity index (χ0) is 30.8. The van der Waals surface area contributed by atoms with Gasteiger partial charge in [0.2, 0.25) is 0 Å². The molecule has 0 saturated carbocycles. The second kappa shape index (κ2) is 10.1. The topological polar surface area (TPSA) is 30.7 Å². The van der Waals surface area contributed by atoms with Gasteiger partial charge in [-0.3, -0.25) is 4.57 Å². The van der Waals surface area contributed by atoms with Crippen molar-refractivity contribution < 1.29 is 0 Å². The molecule has 3 heteroatoms. The van der Waals surface area contributed by atoms with E-state index in [1.165, 1.54) is 38.5 Å². The first kappa shape index (κ1) is 26.6. The molecule has 46 heavy (non-hydrogen) atoms. The van der Waals surface area contributed by atoms with Crippen LogP contribution in [0.2, 0.25) is 0 Å². The fourth-order valence-corrected chi connectivity index (χ4v) is 7.31. The van der Waals surface area contributed by atoms with E-state index in [0.717, 1.165) is 45.0 Å². The van der Waals surface area contributed by atoms with Crippen LogP contribution in [-0.4, -0.2) is 14.5 Å². The van der Waals surface area contributed by atoms with Crippen LogP contribution in [0.15, 0.2) is 152 Å². The van der Waals surface area contributed by atoms with Gasteiger partial charge in [-0.05, 0) is 70.3 Å². The summed E-state index contributed by atoms with van der Waals surface area (Å²) >= 11 is 0. The predicted octanol–water partition coefficient (Wildman–Crippen LogP) is 10.9. The molecule has 0 fully saturated rings. The smallest absolute Gasteiger partial charge is 0.137 e. The summed E-state index contributed by atoms with van der Waals surface area (Å²) in [6.07, 6.45) is 2.00. The standard InChI is InChI=1S/C43H31N3/c1-43(2)36-19-11-9-17-32(36)34-26-41-35(25-37(34)43)33-18-10-12-20-40(33)46(41)42-22-21-30(27-44-42)31-23-38(28-13-5-3-6-14-28)45-39(24-31)29-15-7-4-8-16-29/h3-27H,1-2H3. The van der Waals surface area contributed by atoms with Gasteiger partial charge in [0.15, 0.2) is 0 Å². The first-order valence-electron chi connectivity index (χ1n) is 15.8. The lowest BCUT2D eigenvalue weighted by Gasteiger charge is -2.21. The maximum atomic E-state index is 5.11. The predicted molar refractivity (Wildman–Crippen MR) is 190 cm³/mol. The number of fused-ring (bicyclic) bond motifs is 6. The summed E-state index contributed by atoms with van der Waals surface area (Å²) < 4.78 is 2.32. The van der Waals surface area contributed by atoms with Crippen molar-refractivity contribution in [3.05, 3.63) is 163 Å². The molecule has 0 unspecified atom stereocenters. The summed E-state index contributed by atoms with van der Waals surface area (Å²) in [5.41, 5.74) is 13.9.